The lowest BCUT2D eigenvalue weighted by molar-refractivity contribution is -0.160. The molecule has 3 aromatic rings. The van der Waals surface area contributed by atoms with Crippen LogP contribution in [0.15, 0.2) is 54.6 Å². The van der Waals surface area contributed by atoms with Gasteiger partial charge in [-0.05, 0) is 48.6 Å². The Balaban J connectivity index is 1.79. The van der Waals surface area contributed by atoms with Crippen molar-refractivity contribution < 1.29 is 14.0 Å². The van der Waals surface area contributed by atoms with Gasteiger partial charge in [-0.25, -0.2) is 4.39 Å². The summed E-state index contributed by atoms with van der Waals surface area (Å²) in [6.07, 6.45) is 3.89. The van der Waals surface area contributed by atoms with Gasteiger partial charge in [0.2, 0.25) is 5.66 Å². The van der Waals surface area contributed by atoms with Gasteiger partial charge in [0.25, 0.3) is 5.91 Å². The average molecular weight is 404 g/mol. The van der Waals surface area contributed by atoms with E-state index in [1.54, 1.807) is 12.1 Å². The second-order valence-corrected chi connectivity index (χ2v) is 7.56. The SMILES string of the molecule is CCCCC1(C#CCCc2ccccc2)N(OC)C(=O)c2cc3ccc(F)cc3n21. The number of hydrogen-bond donors (Lipinski definition) is 0. The fourth-order valence-corrected chi connectivity index (χ4v) is 4.19. The Morgan fingerprint density at radius 2 is 1.93 bits per heavy atom. The molecule has 1 atom stereocenters. The highest BCUT2D eigenvalue weighted by atomic mass is 19.1. The number of hydrogen-bond acceptors (Lipinski definition) is 2. The molecule has 1 amide bonds. The molecule has 1 aromatic heterocycles. The van der Waals surface area contributed by atoms with E-state index < -0.39 is 5.66 Å². The fraction of sp³-hybridized carbons (Fsp3) is 0.320. The van der Waals surface area contributed by atoms with E-state index in [1.165, 1.54) is 29.9 Å². The zero-order chi connectivity index (χ0) is 21.1. The van der Waals surface area contributed by atoms with Crippen LogP contribution in [0.4, 0.5) is 4.39 Å². The van der Waals surface area contributed by atoms with Crippen LogP contribution in [0.1, 0.15) is 48.7 Å². The van der Waals surface area contributed by atoms with Gasteiger partial charge in [-0.3, -0.25) is 14.2 Å². The van der Waals surface area contributed by atoms with E-state index in [-0.39, 0.29) is 11.7 Å². The Hall–Kier alpha value is -3.10. The van der Waals surface area contributed by atoms with Gasteiger partial charge in [0.15, 0.2) is 0 Å². The maximum Gasteiger partial charge on any atom is 0.297 e. The molecule has 30 heavy (non-hydrogen) atoms. The summed E-state index contributed by atoms with van der Waals surface area (Å²) >= 11 is 0. The minimum Gasteiger partial charge on any atom is -0.300 e. The van der Waals surface area contributed by atoms with Crippen molar-refractivity contribution in [1.29, 1.82) is 0 Å². The number of nitrogens with zero attached hydrogens (tertiary/aromatic N) is 2. The summed E-state index contributed by atoms with van der Waals surface area (Å²) in [5.41, 5.74) is 1.37. The molecule has 0 saturated heterocycles. The highest BCUT2D eigenvalue weighted by Crippen LogP contribution is 2.41. The third-order valence-corrected chi connectivity index (χ3v) is 5.61. The van der Waals surface area contributed by atoms with Gasteiger partial charge >= 0.3 is 0 Å². The van der Waals surface area contributed by atoms with Crippen LogP contribution in [-0.2, 0) is 16.9 Å². The first kappa shape index (κ1) is 20.2. The highest BCUT2D eigenvalue weighted by molar-refractivity contribution is 6.01. The van der Waals surface area contributed by atoms with Crippen molar-refractivity contribution in [2.45, 2.75) is 44.7 Å². The van der Waals surface area contributed by atoms with E-state index in [9.17, 15) is 9.18 Å². The van der Waals surface area contributed by atoms with E-state index in [0.29, 0.717) is 24.1 Å². The molecule has 0 radical (unpaired) electrons. The minimum atomic E-state index is -0.983. The van der Waals surface area contributed by atoms with Crippen LogP contribution in [0, 0.1) is 17.7 Å². The number of rotatable bonds is 6. The zero-order valence-electron chi connectivity index (χ0n) is 17.3. The molecular weight excluding hydrogens is 379 g/mol. The van der Waals surface area contributed by atoms with Gasteiger partial charge in [0.05, 0.1) is 12.6 Å². The van der Waals surface area contributed by atoms with Crippen molar-refractivity contribution in [3.63, 3.8) is 0 Å². The summed E-state index contributed by atoms with van der Waals surface area (Å²) in [6, 6.07) is 16.6. The molecule has 4 rings (SSSR count). The van der Waals surface area contributed by atoms with Crippen molar-refractivity contribution >= 4 is 16.8 Å². The normalized spacial score (nSPS) is 17.8. The molecule has 0 saturated carbocycles. The van der Waals surface area contributed by atoms with E-state index in [4.69, 9.17) is 4.84 Å². The number of carbonyl (C=O) groups is 1. The van der Waals surface area contributed by atoms with E-state index in [0.717, 1.165) is 24.6 Å². The van der Waals surface area contributed by atoms with Crippen LogP contribution in [0.25, 0.3) is 10.9 Å². The Morgan fingerprint density at radius 1 is 1.13 bits per heavy atom. The minimum absolute atomic E-state index is 0.248. The predicted octanol–water partition coefficient (Wildman–Crippen LogP) is 5.28. The molecule has 0 spiro atoms. The maximum atomic E-state index is 14.1. The molecule has 154 valence electrons. The van der Waals surface area contributed by atoms with Gasteiger partial charge in [-0.1, -0.05) is 49.6 Å². The number of aromatic nitrogens is 1. The molecule has 1 aliphatic heterocycles. The Kier molecular flexibility index (Phi) is 5.61. The molecule has 4 nitrogen and oxygen atoms in total. The summed E-state index contributed by atoms with van der Waals surface area (Å²) < 4.78 is 15.9. The zero-order valence-corrected chi connectivity index (χ0v) is 17.3. The number of unbranched alkanes of at least 4 members (excludes halogenated alkanes) is 1. The van der Waals surface area contributed by atoms with Gasteiger partial charge in [0.1, 0.15) is 11.5 Å². The third-order valence-electron chi connectivity index (χ3n) is 5.61. The number of fused-ring (bicyclic) bond motifs is 3. The lowest BCUT2D eigenvalue weighted by Crippen LogP contribution is -2.45. The molecule has 0 N–H and O–H groups in total. The maximum absolute atomic E-state index is 14.1. The first-order valence-corrected chi connectivity index (χ1v) is 10.3. The van der Waals surface area contributed by atoms with Crippen molar-refractivity contribution in [2.24, 2.45) is 0 Å². The number of hydroxylamine groups is 2. The number of benzene rings is 2. The van der Waals surface area contributed by atoms with Crippen molar-refractivity contribution in [1.82, 2.24) is 9.63 Å². The van der Waals surface area contributed by atoms with Crippen LogP contribution in [0.3, 0.4) is 0 Å². The number of amides is 1. The molecule has 0 aliphatic carbocycles. The average Bonchev–Trinajstić information content (AvgIpc) is 3.24. The van der Waals surface area contributed by atoms with Crippen molar-refractivity contribution in [3.05, 3.63) is 71.7 Å². The smallest absolute Gasteiger partial charge is 0.297 e. The molecule has 5 heteroatoms. The molecule has 1 aliphatic rings. The van der Waals surface area contributed by atoms with E-state index in [2.05, 4.69) is 30.9 Å². The first-order chi connectivity index (χ1) is 14.6. The van der Waals surface area contributed by atoms with Crippen LogP contribution in [-0.4, -0.2) is 22.6 Å². The molecule has 2 heterocycles. The van der Waals surface area contributed by atoms with Gasteiger partial charge in [-0.15, -0.1) is 0 Å². The topological polar surface area (TPSA) is 34.5 Å². The largest absolute Gasteiger partial charge is 0.300 e. The lowest BCUT2D eigenvalue weighted by atomic mass is 10.0. The van der Waals surface area contributed by atoms with Gasteiger partial charge < -0.3 is 0 Å². The molecule has 2 aromatic carbocycles. The monoisotopic (exact) mass is 404 g/mol. The van der Waals surface area contributed by atoms with Crippen molar-refractivity contribution in [3.8, 4) is 11.8 Å². The Labute approximate surface area is 176 Å². The Bertz CT molecular complexity index is 1130. The summed E-state index contributed by atoms with van der Waals surface area (Å²) in [5, 5.41) is 2.18. The molecular formula is C25H25FN2O2. The van der Waals surface area contributed by atoms with Crippen LogP contribution < -0.4 is 0 Å². The van der Waals surface area contributed by atoms with Crippen molar-refractivity contribution in [2.75, 3.05) is 7.11 Å². The first-order valence-electron chi connectivity index (χ1n) is 10.3. The van der Waals surface area contributed by atoms with E-state index in [1.807, 2.05) is 22.8 Å². The van der Waals surface area contributed by atoms with Crippen LogP contribution in [0.2, 0.25) is 0 Å². The quantitative estimate of drug-likeness (QED) is 0.524. The summed E-state index contributed by atoms with van der Waals surface area (Å²) in [5.74, 6) is 6.05. The number of carbonyl (C=O) groups excluding carboxylic acids is 1. The fourth-order valence-electron chi connectivity index (χ4n) is 4.19. The third kappa shape index (κ3) is 3.38. The second kappa shape index (κ2) is 8.33. The molecule has 1 unspecified atom stereocenters. The predicted molar refractivity (Wildman–Crippen MR) is 115 cm³/mol. The Morgan fingerprint density at radius 3 is 2.67 bits per heavy atom. The molecule has 0 fully saturated rings. The number of halogens is 1. The number of aryl methyl sites for hydroxylation is 1. The highest BCUT2D eigenvalue weighted by Gasteiger charge is 2.50. The van der Waals surface area contributed by atoms with Crippen LogP contribution in [0.5, 0.6) is 0 Å². The standard InChI is InChI=1S/C25H25FN2O2/c1-3-4-15-25(16-9-8-12-19-10-6-5-7-11-19)27-22-18-21(26)14-13-20(22)17-23(27)24(29)28(25)30-2/h5-7,10-11,13-14,17-18H,3-4,8,12,15H2,1-2H3. The van der Waals surface area contributed by atoms with Gasteiger partial charge in [-0.2, -0.15) is 5.06 Å². The van der Waals surface area contributed by atoms with E-state index >= 15 is 0 Å². The molecule has 0 bridgehead atoms. The summed E-state index contributed by atoms with van der Waals surface area (Å²) in [4.78, 5) is 18.7. The second-order valence-electron chi connectivity index (χ2n) is 7.56. The summed E-state index contributed by atoms with van der Waals surface area (Å²) in [6.45, 7) is 2.10. The summed E-state index contributed by atoms with van der Waals surface area (Å²) in [7, 11) is 1.49. The van der Waals surface area contributed by atoms with Gasteiger partial charge in [0, 0.05) is 18.2 Å². The van der Waals surface area contributed by atoms with Crippen LogP contribution >= 0.6 is 0 Å². The lowest BCUT2D eigenvalue weighted by Gasteiger charge is -2.34.